The number of rotatable bonds is 8. The molecule has 0 heterocycles. The van der Waals surface area contributed by atoms with Gasteiger partial charge in [-0.15, -0.1) is 0 Å². The van der Waals surface area contributed by atoms with E-state index in [4.69, 9.17) is 18.9 Å². The third-order valence-electron chi connectivity index (χ3n) is 2.50. The summed E-state index contributed by atoms with van der Waals surface area (Å²) in [5.74, 6) is -0.157. The van der Waals surface area contributed by atoms with E-state index in [0.717, 1.165) is 0 Å². The van der Waals surface area contributed by atoms with Crippen molar-refractivity contribution in [2.24, 2.45) is 0 Å². The highest BCUT2D eigenvalue weighted by Crippen LogP contribution is 2.23. The van der Waals surface area contributed by atoms with Gasteiger partial charge in [0, 0.05) is 13.2 Å². The molecule has 1 rings (SSSR count). The van der Waals surface area contributed by atoms with Crippen molar-refractivity contribution < 1.29 is 43.3 Å². The van der Waals surface area contributed by atoms with Crippen molar-refractivity contribution in [1.29, 1.82) is 0 Å². The topological polar surface area (TPSA) is 98.8 Å². The molecule has 1 unspecified atom stereocenters. The van der Waals surface area contributed by atoms with Gasteiger partial charge in [-0.3, -0.25) is 4.89 Å². The van der Waals surface area contributed by atoms with Crippen LogP contribution in [0.2, 0.25) is 0 Å². The molecule has 0 fully saturated rings. The second-order valence-corrected chi connectivity index (χ2v) is 4.26. The highest BCUT2D eigenvalue weighted by molar-refractivity contribution is 5.90. The van der Waals surface area contributed by atoms with Gasteiger partial charge < -0.3 is 18.9 Å². The van der Waals surface area contributed by atoms with Crippen molar-refractivity contribution in [2.45, 2.75) is 13.0 Å². The smallest absolute Gasteiger partial charge is 0.497 e. The van der Waals surface area contributed by atoms with E-state index in [-0.39, 0.29) is 12.2 Å². The van der Waals surface area contributed by atoms with E-state index < -0.39 is 18.2 Å². The van der Waals surface area contributed by atoms with Gasteiger partial charge >= 0.3 is 12.1 Å². The molecule has 0 bridgehead atoms. The molecule has 0 saturated heterocycles. The van der Waals surface area contributed by atoms with E-state index in [0.29, 0.717) is 11.5 Å². The fraction of sp³-hybridized carbons (Fsp3) is 0.429. The molecule has 23 heavy (non-hydrogen) atoms. The summed E-state index contributed by atoms with van der Waals surface area (Å²) in [4.78, 5) is 31.4. The molecular formula is C14H18O9. The minimum atomic E-state index is -1.18. The largest absolute Gasteiger partial charge is 0.543 e. The first-order chi connectivity index (χ1) is 11.0. The molecule has 128 valence electrons. The molecule has 0 spiro atoms. The van der Waals surface area contributed by atoms with Crippen LogP contribution < -0.4 is 9.47 Å². The number of benzene rings is 1. The lowest BCUT2D eigenvalue weighted by atomic mass is 10.2. The Balaban J connectivity index is 2.49. The number of carbonyl (C=O) groups excluding carboxylic acids is 2. The average Bonchev–Trinajstić information content (AvgIpc) is 2.54. The lowest BCUT2D eigenvalue weighted by molar-refractivity contribution is -0.453. The van der Waals surface area contributed by atoms with E-state index in [1.54, 1.807) is 13.0 Å². The molecule has 1 atom stereocenters. The third-order valence-corrected chi connectivity index (χ3v) is 2.50. The lowest BCUT2D eigenvalue weighted by Crippen LogP contribution is -2.21. The number of hydrogen-bond acceptors (Lipinski definition) is 9. The Morgan fingerprint density at radius 1 is 1.00 bits per heavy atom. The number of methoxy groups -OCH3 is 3. The van der Waals surface area contributed by atoms with Gasteiger partial charge in [-0.2, -0.15) is 0 Å². The van der Waals surface area contributed by atoms with Crippen LogP contribution in [0.15, 0.2) is 18.2 Å². The first-order valence-electron chi connectivity index (χ1n) is 6.48. The summed E-state index contributed by atoms with van der Waals surface area (Å²) >= 11 is 0. The van der Waals surface area contributed by atoms with Gasteiger partial charge in [0.15, 0.2) is 0 Å². The number of ether oxygens (including phenoxy) is 4. The quantitative estimate of drug-likeness (QED) is 0.402. The van der Waals surface area contributed by atoms with Crippen LogP contribution in [-0.4, -0.2) is 46.2 Å². The first-order valence-corrected chi connectivity index (χ1v) is 6.48. The van der Waals surface area contributed by atoms with Gasteiger partial charge in [0.05, 0.1) is 31.4 Å². The maximum Gasteiger partial charge on any atom is 0.543 e. The summed E-state index contributed by atoms with van der Waals surface area (Å²) in [5, 5.41) is 4.09. The van der Waals surface area contributed by atoms with Crippen LogP contribution in [0.3, 0.4) is 0 Å². The Labute approximate surface area is 132 Å². The molecule has 0 N–H and O–H groups in total. The van der Waals surface area contributed by atoms with Crippen LogP contribution in [-0.2, 0) is 24.3 Å². The van der Waals surface area contributed by atoms with Crippen molar-refractivity contribution in [3.8, 4) is 11.5 Å². The predicted octanol–water partition coefficient (Wildman–Crippen LogP) is 1.90. The predicted molar refractivity (Wildman–Crippen MR) is 75.0 cm³/mol. The van der Waals surface area contributed by atoms with Crippen molar-refractivity contribution in [3.05, 3.63) is 23.8 Å². The standard InChI is InChI=1S/C14H18O9/c1-9(8-17-2)20-14(16)22-23-21-13(15)10-5-11(18-3)7-12(6-10)19-4/h5-7,9H,8H2,1-4H3. The number of hydrogen-bond donors (Lipinski definition) is 0. The zero-order valence-electron chi connectivity index (χ0n) is 13.2. The van der Waals surface area contributed by atoms with Crippen LogP contribution in [0.4, 0.5) is 4.79 Å². The molecule has 0 radical (unpaired) electrons. The molecule has 1 aromatic rings. The normalized spacial score (nSPS) is 11.3. The van der Waals surface area contributed by atoms with E-state index >= 15 is 0 Å². The first kappa shape index (κ1) is 18.5. The molecule has 0 aliphatic carbocycles. The van der Waals surface area contributed by atoms with Crippen molar-refractivity contribution in [1.82, 2.24) is 0 Å². The van der Waals surface area contributed by atoms with Crippen molar-refractivity contribution in [2.75, 3.05) is 27.9 Å². The molecule has 0 aromatic heterocycles. The zero-order valence-corrected chi connectivity index (χ0v) is 13.2. The Kier molecular flexibility index (Phi) is 7.64. The van der Waals surface area contributed by atoms with Gasteiger partial charge in [0.1, 0.15) is 17.6 Å². The summed E-state index contributed by atoms with van der Waals surface area (Å²) in [5.41, 5.74) is 0.0749. The maximum atomic E-state index is 11.8. The molecule has 0 aliphatic heterocycles. The summed E-state index contributed by atoms with van der Waals surface area (Å²) < 4.78 is 19.5. The SMILES string of the molecule is COCC(C)OC(=O)OOOC(=O)c1cc(OC)cc(OC)c1. The monoisotopic (exact) mass is 330 g/mol. The summed E-state index contributed by atoms with van der Waals surface area (Å²) in [6, 6.07) is 4.36. The van der Waals surface area contributed by atoms with Crippen LogP contribution >= 0.6 is 0 Å². The van der Waals surface area contributed by atoms with Gasteiger partial charge in [0.25, 0.3) is 0 Å². The van der Waals surface area contributed by atoms with Crippen LogP contribution in [0.5, 0.6) is 11.5 Å². The second kappa shape index (κ2) is 9.49. The average molecular weight is 330 g/mol. The Bertz CT molecular complexity index is 507. The third kappa shape index (κ3) is 6.41. The van der Waals surface area contributed by atoms with E-state index in [2.05, 4.69) is 14.8 Å². The van der Waals surface area contributed by atoms with Crippen molar-refractivity contribution in [3.63, 3.8) is 0 Å². The fourth-order valence-corrected chi connectivity index (χ4v) is 1.50. The minimum absolute atomic E-state index is 0.0749. The highest BCUT2D eigenvalue weighted by Gasteiger charge is 2.16. The number of carbonyl (C=O) groups is 2. The second-order valence-electron chi connectivity index (χ2n) is 4.26. The van der Waals surface area contributed by atoms with Gasteiger partial charge in [-0.05, 0) is 19.1 Å². The Hall–Kier alpha value is -2.52. The van der Waals surface area contributed by atoms with E-state index in [1.807, 2.05) is 0 Å². The summed E-state index contributed by atoms with van der Waals surface area (Å²) in [6.07, 6.45) is -1.72. The van der Waals surface area contributed by atoms with E-state index in [1.165, 1.54) is 33.5 Å². The highest BCUT2D eigenvalue weighted by atomic mass is 17.5. The summed E-state index contributed by atoms with van der Waals surface area (Å²) in [7, 11) is 4.31. The van der Waals surface area contributed by atoms with Crippen LogP contribution in [0, 0.1) is 0 Å². The molecule has 9 nitrogen and oxygen atoms in total. The molecule has 1 aromatic carbocycles. The van der Waals surface area contributed by atoms with Gasteiger partial charge in [0.2, 0.25) is 0 Å². The van der Waals surface area contributed by atoms with Crippen LogP contribution in [0.1, 0.15) is 17.3 Å². The Morgan fingerprint density at radius 2 is 1.61 bits per heavy atom. The van der Waals surface area contributed by atoms with Crippen LogP contribution in [0.25, 0.3) is 0 Å². The van der Waals surface area contributed by atoms with Gasteiger partial charge in [-0.25, -0.2) is 14.5 Å². The molecule has 0 amide bonds. The zero-order chi connectivity index (χ0) is 17.2. The molecular weight excluding hydrogens is 312 g/mol. The minimum Gasteiger partial charge on any atom is -0.497 e. The lowest BCUT2D eigenvalue weighted by Gasteiger charge is -2.10. The van der Waals surface area contributed by atoms with Gasteiger partial charge in [-0.1, -0.05) is 0 Å². The van der Waals surface area contributed by atoms with Crippen molar-refractivity contribution >= 4 is 12.1 Å². The summed E-state index contributed by atoms with van der Waals surface area (Å²) in [6.45, 7) is 1.76. The molecule has 0 aliphatic rings. The Morgan fingerprint density at radius 3 is 2.13 bits per heavy atom. The van der Waals surface area contributed by atoms with E-state index in [9.17, 15) is 9.59 Å². The molecule has 9 heteroatoms. The maximum absolute atomic E-state index is 11.8. The fourth-order valence-electron chi connectivity index (χ4n) is 1.50. The molecule has 0 saturated carbocycles.